The lowest BCUT2D eigenvalue weighted by molar-refractivity contribution is 0.392. The Hall–Kier alpha value is -1.42. The smallest absolute Gasteiger partial charge is 0.142 e. The van der Waals surface area contributed by atoms with Crippen LogP contribution in [0.3, 0.4) is 0 Å². The minimum Gasteiger partial charge on any atom is -0.497 e. The number of anilines is 1. The fraction of sp³-hybridized carbons (Fsp3) is 0.571. The van der Waals surface area contributed by atoms with Gasteiger partial charge in [0.2, 0.25) is 0 Å². The van der Waals surface area contributed by atoms with Gasteiger partial charge in [0.25, 0.3) is 0 Å². The van der Waals surface area contributed by atoms with Crippen molar-refractivity contribution in [3.63, 3.8) is 0 Å². The van der Waals surface area contributed by atoms with Crippen LogP contribution in [0.4, 0.5) is 5.69 Å². The highest BCUT2D eigenvalue weighted by atomic mass is 16.5. The fourth-order valence-electron chi connectivity index (χ4n) is 2.47. The van der Waals surface area contributed by atoms with E-state index in [0.717, 1.165) is 30.0 Å². The maximum absolute atomic E-state index is 6.15. The first kappa shape index (κ1) is 13.0. The van der Waals surface area contributed by atoms with Crippen LogP contribution in [0.15, 0.2) is 18.2 Å². The Kier molecular flexibility index (Phi) is 4.31. The molecule has 4 heteroatoms. The molecule has 0 radical (unpaired) electrons. The monoisotopic (exact) mass is 250 g/mol. The van der Waals surface area contributed by atoms with E-state index in [1.54, 1.807) is 14.2 Å². The molecule has 0 aliphatic heterocycles. The van der Waals surface area contributed by atoms with E-state index in [1.165, 1.54) is 12.8 Å². The number of rotatable bonds is 4. The van der Waals surface area contributed by atoms with E-state index >= 15 is 0 Å². The standard InChI is InChI=1S/C14H22N2O2/c1-17-10-7-8-14(18-2)13(9-10)16-12-6-4-3-5-11(12)15/h7-9,11-12,16H,3-6,15H2,1-2H3/t11-,12-/m0/s1. The van der Waals surface area contributed by atoms with Gasteiger partial charge in [0.15, 0.2) is 0 Å². The zero-order valence-electron chi connectivity index (χ0n) is 11.1. The minimum absolute atomic E-state index is 0.217. The number of hydrogen-bond acceptors (Lipinski definition) is 4. The maximum Gasteiger partial charge on any atom is 0.142 e. The van der Waals surface area contributed by atoms with Crippen molar-refractivity contribution >= 4 is 5.69 Å². The van der Waals surface area contributed by atoms with Crippen molar-refractivity contribution in [1.82, 2.24) is 0 Å². The molecule has 1 saturated carbocycles. The largest absolute Gasteiger partial charge is 0.497 e. The lowest BCUT2D eigenvalue weighted by Gasteiger charge is -2.30. The number of benzene rings is 1. The molecule has 0 amide bonds. The van der Waals surface area contributed by atoms with Crippen LogP contribution < -0.4 is 20.5 Å². The van der Waals surface area contributed by atoms with E-state index < -0.39 is 0 Å². The number of methoxy groups -OCH3 is 2. The quantitative estimate of drug-likeness (QED) is 0.861. The Morgan fingerprint density at radius 2 is 1.94 bits per heavy atom. The minimum atomic E-state index is 0.217. The predicted molar refractivity (Wildman–Crippen MR) is 73.4 cm³/mol. The number of hydrogen-bond donors (Lipinski definition) is 2. The second kappa shape index (κ2) is 5.96. The van der Waals surface area contributed by atoms with Crippen LogP contribution in [0, 0.1) is 0 Å². The molecule has 1 aromatic carbocycles. The van der Waals surface area contributed by atoms with Gasteiger partial charge in [0, 0.05) is 18.2 Å². The van der Waals surface area contributed by atoms with Gasteiger partial charge in [0.05, 0.1) is 19.9 Å². The molecule has 4 nitrogen and oxygen atoms in total. The molecule has 3 N–H and O–H groups in total. The summed E-state index contributed by atoms with van der Waals surface area (Å²) in [5, 5.41) is 3.49. The molecule has 1 aromatic rings. The molecule has 0 saturated heterocycles. The highest BCUT2D eigenvalue weighted by Crippen LogP contribution is 2.31. The lowest BCUT2D eigenvalue weighted by atomic mass is 9.91. The molecule has 0 bridgehead atoms. The predicted octanol–water partition coefficient (Wildman–Crippen LogP) is 2.39. The highest BCUT2D eigenvalue weighted by Gasteiger charge is 2.22. The SMILES string of the molecule is COc1ccc(OC)c(N[C@H]2CCCC[C@@H]2N)c1. The molecule has 0 unspecified atom stereocenters. The Bertz CT molecular complexity index is 395. The normalized spacial score (nSPS) is 23.5. The van der Waals surface area contributed by atoms with Crippen molar-refractivity contribution in [2.24, 2.45) is 5.73 Å². The highest BCUT2D eigenvalue weighted by molar-refractivity contribution is 5.60. The number of ether oxygens (including phenoxy) is 2. The summed E-state index contributed by atoms with van der Waals surface area (Å²) in [6.45, 7) is 0. The van der Waals surface area contributed by atoms with Crippen LogP contribution in [-0.4, -0.2) is 26.3 Å². The van der Waals surface area contributed by atoms with Gasteiger partial charge < -0.3 is 20.5 Å². The van der Waals surface area contributed by atoms with Crippen LogP contribution in [0.5, 0.6) is 11.5 Å². The third-order valence-corrected chi connectivity index (χ3v) is 3.57. The van der Waals surface area contributed by atoms with Crippen molar-refractivity contribution in [2.45, 2.75) is 37.8 Å². The van der Waals surface area contributed by atoms with Gasteiger partial charge in [-0.3, -0.25) is 0 Å². The van der Waals surface area contributed by atoms with Gasteiger partial charge in [-0.2, -0.15) is 0 Å². The first-order valence-electron chi connectivity index (χ1n) is 6.48. The lowest BCUT2D eigenvalue weighted by Crippen LogP contribution is -2.42. The summed E-state index contributed by atoms with van der Waals surface area (Å²) in [5.74, 6) is 1.65. The van der Waals surface area contributed by atoms with E-state index in [0.29, 0.717) is 6.04 Å². The van der Waals surface area contributed by atoms with E-state index in [9.17, 15) is 0 Å². The van der Waals surface area contributed by atoms with Crippen LogP contribution in [0.2, 0.25) is 0 Å². The summed E-state index contributed by atoms with van der Waals surface area (Å²) in [7, 11) is 3.34. The Labute approximate surface area is 108 Å². The summed E-state index contributed by atoms with van der Waals surface area (Å²) in [6.07, 6.45) is 4.66. The first-order valence-corrected chi connectivity index (χ1v) is 6.48. The molecular weight excluding hydrogens is 228 g/mol. The van der Waals surface area contributed by atoms with Crippen molar-refractivity contribution in [3.8, 4) is 11.5 Å². The van der Waals surface area contributed by atoms with Crippen molar-refractivity contribution < 1.29 is 9.47 Å². The van der Waals surface area contributed by atoms with E-state index in [-0.39, 0.29) is 6.04 Å². The average molecular weight is 250 g/mol. The average Bonchev–Trinajstić information content (AvgIpc) is 2.41. The van der Waals surface area contributed by atoms with Gasteiger partial charge >= 0.3 is 0 Å². The first-order chi connectivity index (χ1) is 8.74. The van der Waals surface area contributed by atoms with Gasteiger partial charge in [0.1, 0.15) is 11.5 Å². The zero-order valence-corrected chi connectivity index (χ0v) is 11.1. The molecule has 1 aliphatic rings. The van der Waals surface area contributed by atoms with Crippen molar-refractivity contribution in [2.75, 3.05) is 19.5 Å². The van der Waals surface area contributed by atoms with Crippen LogP contribution >= 0.6 is 0 Å². The molecule has 0 spiro atoms. The van der Waals surface area contributed by atoms with Crippen molar-refractivity contribution in [1.29, 1.82) is 0 Å². The summed E-state index contributed by atoms with van der Waals surface area (Å²) < 4.78 is 10.6. The van der Waals surface area contributed by atoms with Crippen LogP contribution in [0.1, 0.15) is 25.7 Å². The molecular formula is C14H22N2O2. The molecule has 18 heavy (non-hydrogen) atoms. The second-order valence-corrected chi connectivity index (χ2v) is 4.77. The maximum atomic E-state index is 6.15. The summed E-state index contributed by atoms with van der Waals surface area (Å²) in [6, 6.07) is 6.30. The number of nitrogens with one attached hydrogen (secondary N) is 1. The molecule has 0 heterocycles. The summed E-state index contributed by atoms with van der Waals surface area (Å²) in [5.41, 5.74) is 7.11. The van der Waals surface area contributed by atoms with E-state index in [1.807, 2.05) is 18.2 Å². The Morgan fingerprint density at radius 3 is 2.61 bits per heavy atom. The fourth-order valence-corrected chi connectivity index (χ4v) is 2.47. The second-order valence-electron chi connectivity index (χ2n) is 4.77. The van der Waals surface area contributed by atoms with E-state index in [4.69, 9.17) is 15.2 Å². The van der Waals surface area contributed by atoms with Crippen molar-refractivity contribution in [3.05, 3.63) is 18.2 Å². The zero-order chi connectivity index (χ0) is 13.0. The summed E-state index contributed by atoms with van der Waals surface area (Å²) >= 11 is 0. The third kappa shape index (κ3) is 2.88. The van der Waals surface area contributed by atoms with Crippen LogP contribution in [0.25, 0.3) is 0 Å². The van der Waals surface area contributed by atoms with Gasteiger partial charge in [-0.05, 0) is 25.0 Å². The molecule has 0 aromatic heterocycles. The van der Waals surface area contributed by atoms with Gasteiger partial charge in [-0.1, -0.05) is 12.8 Å². The third-order valence-electron chi connectivity index (χ3n) is 3.57. The Morgan fingerprint density at radius 1 is 1.17 bits per heavy atom. The topological polar surface area (TPSA) is 56.5 Å². The molecule has 1 fully saturated rings. The molecule has 100 valence electrons. The molecule has 2 rings (SSSR count). The van der Waals surface area contributed by atoms with Gasteiger partial charge in [-0.15, -0.1) is 0 Å². The Balaban J connectivity index is 2.15. The molecule has 1 aliphatic carbocycles. The van der Waals surface area contributed by atoms with Gasteiger partial charge in [-0.25, -0.2) is 0 Å². The summed E-state index contributed by atoms with van der Waals surface area (Å²) in [4.78, 5) is 0. The molecule has 2 atom stereocenters. The van der Waals surface area contributed by atoms with Crippen LogP contribution in [-0.2, 0) is 0 Å². The number of nitrogens with two attached hydrogens (primary N) is 1. The van der Waals surface area contributed by atoms with E-state index in [2.05, 4.69) is 5.32 Å².